The molecule has 2 heterocycles. The Labute approximate surface area is 178 Å². The Balaban J connectivity index is 1.69. The quantitative estimate of drug-likeness (QED) is 0.536. The number of nitrogens with one attached hydrogen (secondary N) is 2. The summed E-state index contributed by atoms with van der Waals surface area (Å²) in [6, 6.07) is 12.1. The van der Waals surface area contributed by atoms with E-state index >= 15 is 0 Å². The van der Waals surface area contributed by atoms with E-state index < -0.39 is 26.9 Å². The van der Waals surface area contributed by atoms with Crippen LogP contribution in [0.3, 0.4) is 0 Å². The number of aromatic nitrogens is 1. The Hall–Kier alpha value is -3.17. The lowest BCUT2D eigenvalue weighted by Crippen LogP contribution is -2.42. The van der Waals surface area contributed by atoms with Gasteiger partial charge in [-0.1, -0.05) is 11.6 Å². The van der Waals surface area contributed by atoms with Crippen LogP contribution in [-0.4, -0.2) is 31.8 Å². The zero-order chi connectivity index (χ0) is 21.6. The van der Waals surface area contributed by atoms with Gasteiger partial charge in [-0.25, -0.2) is 8.42 Å². The van der Waals surface area contributed by atoms with Crippen molar-refractivity contribution >= 4 is 33.3 Å². The van der Waals surface area contributed by atoms with Gasteiger partial charge in [0.25, 0.3) is 0 Å². The van der Waals surface area contributed by atoms with Crippen LogP contribution in [0.5, 0.6) is 0 Å². The number of rotatable bonds is 7. The predicted octanol–water partition coefficient (Wildman–Crippen LogP) is 2.28. The molecule has 0 saturated carbocycles. The van der Waals surface area contributed by atoms with Crippen LogP contribution < -0.4 is 10.6 Å². The molecule has 0 unspecified atom stereocenters. The number of furan rings is 1. The second-order valence-electron chi connectivity index (χ2n) is 6.25. The van der Waals surface area contributed by atoms with E-state index in [4.69, 9.17) is 16.0 Å². The highest BCUT2D eigenvalue weighted by Gasteiger charge is 2.32. The van der Waals surface area contributed by atoms with Crippen molar-refractivity contribution in [3.63, 3.8) is 0 Å². The van der Waals surface area contributed by atoms with Gasteiger partial charge in [-0.3, -0.25) is 14.6 Å². The average Bonchev–Trinajstić information content (AvgIpc) is 3.27. The number of carbonyl (C=O) groups is 2. The minimum Gasteiger partial charge on any atom is -0.468 e. The normalized spacial score (nSPS) is 12.2. The van der Waals surface area contributed by atoms with E-state index in [0.29, 0.717) is 5.02 Å². The predicted molar refractivity (Wildman–Crippen MR) is 109 cm³/mol. The van der Waals surface area contributed by atoms with Crippen LogP contribution in [0.1, 0.15) is 16.6 Å². The summed E-state index contributed by atoms with van der Waals surface area (Å²) in [4.78, 5) is 28.1. The maximum atomic E-state index is 13.1. The molecule has 2 N–H and O–H groups in total. The van der Waals surface area contributed by atoms with Crippen LogP contribution in [0.25, 0.3) is 0 Å². The molecule has 3 aromatic rings. The van der Waals surface area contributed by atoms with Crippen molar-refractivity contribution in [2.24, 2.45) is 0 Å². The van der Waals surface area contributed by atoms with E-state index in [0.717, 1.165) is 5.56 Å². The molecule has 0 fully saturated rings. The molecule has 156 valence electrons. The fourth-order valence-corrected chi connectivity index (χ4v) is 4.37. The summed E-state index contributed by atoms with van der Waals surface area (Å²) >= 11 is 5.83. The third kappa shape index (κ3) is 5.25. The van der Waals surface area contributed by atoms with Crippen molar-refractivity contribution < 1.29 is 22.4 Å². The van der Waals surface area contributed by atoms with Crippen molar-refractivity contribution in [1.82, 2.24) is 15.6 Å². The molecular formula is C20H18ClN3O5S. The summed E-state index contributed by atoms with van der Waals surface area (Å²) in [5.41, 5.74) is 0.768. The van der Waals surface area contributed by atoms with E-state index in [1.807, 2.05) is 0 Å². The summed E-state index contributed by atoms with van der Waals surface area (Å²) in [5.74, 6) is -1.69. The Kier molecular flexibility index (Phi) is 6.86. The first-order valence-corrected chi connectivity index (χ1v) is 10.8. The van der Waals surface area contributed by atoms with Gasteiger partial charge in [0, 0.05) is 30.5 Å². The lowest BCUT2D eigenvalue weighted by Gasteiger charge is -2.16. The van der Waals surface area contributed by atoms with Gasteiger partial charge in [0.15, 0.2) is 9.84 Å². The minimum absolute atomic E-state index is 0.0182. The van der Waals surface area contributed by atoms with E-state index in [-0.39, 0.29) is 23.7 Å². The minimum atomic E-state index is -3.92. The Bertz CT molecular complexity index is 1100. The molecule has 0 bridgehead atoms. The highest BCUT2D eigenvalue weighted by atomic mass is 35.5. The molecule has 0 aliphatic rings. The number of nitrogens with zero attached hydrogens (tertiary/aromatic N) is 1. The number of benzene rings is 1. The first-order valence-electron chi connectivity index (χ1n) is 8.85. The zero-order valence-electron chi connectivity index (χ0n) is 15.6. The van der Waals surface area contributed by atoms with Crippen LogP contribution in [0.2, 0.25) is 5.02 Å². The maximum absolute atomic E-state index is 13.1. The van der Waals surface area contributed by atoms with Crippen molar-refractivity contribution in [1.29, 1.82) is 0 Å². The van der Waals surface area contributed by atoms with Crippen LogP contribution >= 0.6 is 11.6 Å². The van der Waals surface area contributed by atoms with Gasteiger partial charge < -0.3 is 15.1 Å². The summed E-state index contributed by atoms with van der Waals surface area (Å²) in [6.45, 7) is -0.209. The first-order chi connectivity index (χ1) is 14.4. The van der Waals surface area contributed by atoms with Gasteiger partial charge in [-0.05, 0) is 54.1 Å². The average molecular weight is 448 g/mol. The molecule has 10 heteroatoms. The van der Waals surface area contributed by atoms with Crippen molar-refractivity contribution in [3.8, 4) is 0 Å². The third-order valence-electron chi connectivity index (χ3n) is 4.23. The van der Waals surface area contributed by atoms with Crippen molar-refractivity contribution in [3.05, 3.63) is 83.5 Å². The molecule has 2 aromatic heterocycles. The van der Waals surface area contributed by atoms with Gasteiger partial charge in [-0.2, -0.15) is 0 Å². The number of amides is 2. The highest BCUT2D eigenvalue weighted by molar-refractivity contribution is 7.91. The molecule has 0 radical (unpaired) electrons. The van der Waals surface area contributed by atoms with Gasteiger partial charge in [0.2, 0.25) is 0 Å². The molecule has 2 amide bonds. The van der Waals surface area contributed by atoms with Crippen LogP contribution in [0.4, 0.5) is 0 Å². The Morgan fingerprint density at radius 3 is 2.30 bits per heavy atom. The molecule has 8 nitrogen and oxygen atoms in total. The number of hydrogen-bond acceptors (Lipinski definition) is 6. The molecule has 0 saturated heterocycles. The molecule has 0 aliphatic carbocycles. The van der Waals surface area contributed by atoms with Gasteiger partial charge in [0.1, 0.15) is 11.0 Å². The fourth-order valence-electron chi connectivity index (χ4n) is 2.66. The van der Waals surface area contributed by atoms with Crippen LogP contribution in [0, 0.1) is 0 Å². The van der Waals surface area contributed by atoms with Gasteiger partial charge in [-0.15, -0.1) is 0 Å². The van der Waals surface area contributed by atoms with Crippen molar-refractivity contribution in [2.45, 2.75) is 16.7 Å². The summed E-state index contributed by atoms with van der Waals surface area (Å²) in [6.07, 6.45) is 4.47. The second-order valence-corrected chi connectivity index (χ2v) is 8.82. The van der Waals surface area contributed by atoms with E-state index in [9.17, 15) is 18.0 Å². The molecule has 0 aliphatic heterocycles. The topological polar surface area (TPSA) is 118 Å². The number of sulfone groups is 1. The van der Waals surface area contributed by atoms with Crippen molar-refractivity contribution in [2.75, 3.05) is 6.54 Å². The van der Waals surface area contributed by atoms with E-state index in [1.165, 1.54) is 36.6 Å². The maximum Gasteiger partial charge on any atom is 0.309 e. The zero-order valence-corrected chi connectivity index (χ0v) is 17.2. The highest BCUT2D eigenvalue weighted by Crippen LogP contribution is 2.29. The van der Waals surface area contributed by atoms with E-state index in [2.05, 4.69) is 15.6 Å². The SMILES string of the molecule is O=C(NCc1ccncc1)C(=O)NC[C@@H](c1ccco1)S(=O)(=O)c1ccc(Cl)cc1. The standard InChI is InChI=1S/C20H18ClN3O5S/c21-15-3-5-16(6-4-15)30(27,28)18(17-2-1-11-29-17)13-24-20(26)19(25)23-12-14-7-9-22-10-8-14/h1-11,18H,12-13H2,(H,23,25)(H,24,26)/t18-/m0/s1. The molecule has 30 heavy (non-hydrogen) atoms. The fraction of sp³-hybridized carbons (Fsp3) is 0.150. The molecule has 1 aromatic carbocycles. The van der Waals surface area contributed by atoms with E-state index in [1.54, 1.807) is 30.6 Å². The van der Waals surface area contributed by atoms with Crippen LogP contribution in [0.15, 0.2) is 76.5 Å². The molecule has 0 spiro atoms. The molecule has 3 rings (SSSR count). The number of pyridine rings is 1. The van der Waals surface area contributed by atoms with Gasteiger partial charge >= 0.3 is 11.8 Å². The smallest absolute Gasteiger partial charge is 0.309 e. The monoisotopic (exact) mass is 447 g/mol. The van der Waals surface area contributed by atoms with Gasteiger partial charge in [0.05, 0.1) is 11.2 Å². The summed E-state index contributed by atoms with van der Waals surface area (Å²) < 4.78 is 31.4. The summed E-state index contributed by atoms with van der Waals surface area (Å²) in [7, 11) is -3.92. The Morgan fingerprint density at radius 1 is 1.00 bits per heavy atom. The third-order valence-corrected chi connectivity index (χ3v) is 6.56. The molecule has 1 atom stereocenters. The number of carbonyl (C=O) groups excluding carboxylic acids is 2. The first kappa shape index (κ1) is 21.5. The second kappa shape index (κ2) is 9.55. The number of halogens is 1. The lowest BCUT2D eigenvalue weighted by atomic mass is 10.2. The number of hydrogen-bond donors (Lipinski definition) is 2. The molecular weight excluding hydrogens is 430 g/mol. The summed E-state index contributed by atoms with van der Waals surface area (Å²) in [5, 5.41) is 4.01. The largest absolute Gasteiger partial charge is 0.468 e. The van der Waals surface area contributed by atoms with Crippen LogP contribution in [-0.2, 0) is 26.0 Å². The Morgan fingerprint density at radius 2 is 1.67 bits per heavy atom. The lowest BCUT2D eigenvalue weighted by molar-refractivity contribution is -0.139.